The Morgan fingerprint density at radius 2 is 0.970 bits per heavy atom. The molecular weight excluding hydrogens is 420 g/mol. The lowest BCUT2D eigenvalue weighted by Gasteiger charge is -2.41. The highest BCUT2D eigenvalue weighted by atomic mass is 28.4. The molecule has 0 amide bonds. The van der Waals surface area contributed by atoms with Crippen molar-refractivity contribution in [3.05, 3.63) is 86.0 Å². The molecule has 2 aliphatic rings. The average Bonchev–Trinajstić information content (AvgIpc) is 2.91. The van der Waals surface area contributed by atoms with E-state index in [2.05, 4.69) is 73.8 Å². The van der Waals surface area contributed by atoms with Crippen LogP contribution in [0.4, 0.5) is 0 Å². The van der Waals surface area contributed by atoms with Gasteiger partial charge in [-0.2, -0.15) is 0 Å². The van der Waals surface area contributed by atoms with Crippen LogP contribution in [0.15, 0.2) is 86.0 Å². The number of rotatable bonds is 10. The predicted molar refractivity (Wildman–Crippen MR) is 141 cm³/mol. The molecule has 2 aromatic rings. The summed E-state index contributed by atoms with van der Waals surface area (Å²) in [6.07, 6.45) is 16.7. The van der Waals surface area contributed by atoms with Crippen molar-refractivity contribution in [3.8, 4) is 0 Å². The van der Waals surface area contributed by atoms with Gasteiger partial charge >= 0.3 is 8.56 Å². The van der Waals surface area contributed by atoms with Crippen LogP contribution in [0.3, 0.4) is 0 Å². The van der Waals surface area contributed by atoms with E-state index in [1.165, 1.54) is 74.6 Å². The zero-order chi connectivity index (χ0) is 22.9. The number of hydrogen-bond donors (Lipinski definition) is 0. The molecule has 2 fully saturated rings. The first-order chi connectivity index (χ1) is 16.3. The second-order valence-electron chi connectivity index (χ2n) is 9.78. The van der Waals surface area contributed by atoms with E-state index in [0.717, 1.165) is 0 Å². The summed E-state index contributed by atoms with van der Waals surface area (Å²) in [5, 5.41) is 2.34. The van der Waals surface area contributed by atoms with Crippen LogP contribution in [0.1, 0.15) is 64.2 Å². The Bertz CT molecular complexity index is 780. The van der Waals surface area contributed by atoms with Gasteiger partial charge in [0.05, 0.1) is 12.2 Å². The van der Waals surface area contributed by atoms with Gasteiger partial charge in [0.15, 0.2) is 0 Å². The van der Waals surface area contributed by atoms with Gasteiger partial charge in [-0.1, -0.05) is 111 Å². The molecule has 0 spiro atoms. The Morgan fingerprint density at radius 1 is 0.606 bits per heavy atom. The van der Waals surface area contributed by atoms with Crippen molar-refractivity contribution >= 4 is 18.9 Å². The van der Waals surface area contributed by atoms with Crippen LogP contribution < -0.4 is 10.4 Å². The highest BCUT2D eigenvalue weighted by molar-refractivity contribution is 6.92. The van der Waals surface area contributed by atoms with E-state index in [-0.39, 0.29) is 12.2 Å². The third-order valence-corrected chi connectivity index (χ3v) is 11.0. The lowest BCUT2D eigenvalue weighted by Crippen LogP contribution is -2.66. The van der Waals surface area contributed by atoms with Crippen molar-refractivity contribution in [3.63, 3.8) is 0 Å². The first kappa shape index (κ1) is 24.2. The van der Waals surface area contributed by atoms with Crippen molar-refractivity contribution in [2.24, 2.45) is 11.8 Å². The molecule has 2 atom stereocenters. The zero-order valence-corrected chi connectivity index (χ0v) is 21.0. The summed E-state index contributed by atoms with van der Waals surface area (Å²) in [7, 11) is -3.03. The maximum atomic E-state index is 7.27. The van der Waals surface area contributed by atoms with Crippen molar-refractivity contribution in [2.75, 3.05) is 0 Å². The maximum absolute atomic E-state index is 7.27. The molecule has 3 heteroatoms. The fourth-order valence-corrected chi connectivity index (χ4v) is 9.30. The van der Waals surface area contributed by atoms with Gasteiger partial charge in [0.25, 0.3) is 0 Å². The minimum Gasteiger partial charge on any atom is -0.381 e. The molecule has 33 heavy (non-hydrogen) atoms. The van der Waals surface area contributed by atoms with Crippen molar-refractivity contribution < 1.29 is 8.85 Å². The summed E-state index contributed by atoms with van der Waals surface area (Å²) in [6.45, 7) is 8.44. The largest absolute Gasteiger partial charge is 0.408 e. The Labute approximate surface area is 202 Å². The molecule has 4 rings (SSSR count). The molecule has 0 saturated heterocycles. The van der Waals surface area contributed by atoms with Crippen LogP contribution in [0.2, 0.25) is 0 Å². The number of benzene rings is 2. The second kappa shape index (κ2) is 12.0. The maximum Gasteiger partial charge on any atom is 0.408 e. The van der Waals surface area contributed by atoms with Crippen molar-refractivity contribution in [1.82, 2.24) is 0 Å². The average molecular weight is 461 g/mol. The molecule has 176 valence electrons. The van der Waals surface area contributed by atoms with Crippen LogP contribution >= 0.6 is 0 Å². The second-order valence-corrected chi connectivity index (χ2v) is 12.6. The van der Waals surface area contributed by atoms with E-state index in [4.69, 9.17) is 8.85 Å². The third-order valence-electron chi connectivity index (χ3n) is 7.61. The molecule has 2 saturated carbocycles. The van der Waals surface area contributed by atoms with Gasteiger partial charge in [0.1, 0.15) is 0 Å². The molecule has 2 nitrogen and oxygen atoms in total. The van der Waals surface area contributed by atoms with Crippen molar-refractivity contribution in [2.45, 2.75) is 76.4 Å². The summed E-state index contributed by atoms with van der Waals surface area (Å²) < 4.78 is 14.5. The van der Waals surface area contributed by atoms with E-state index in [1.807, 2.05) is 12.2 Å². The molecule has 2 aliphatic carbocycles. The number of hydrogen-bond acceptors (Lipinski definition) is 2. The van der Waals surface area contributed by atoms with Gasteiger partial charge in [-0.15, -0.1) is 13.2 Å². The normalized spacial score (nSPS) is 20.1. The van der Waals surface area contributed by atoms with Crippen molar-refractivity contribution in [1.29, 1.82) is 0 Å². The molecule has 0 bridgehead atoms. The Morgan fingerprint density at radius 3 is 1.30 bits per heavy atom. The first-order valence-electron chi connectivity index (χ1n) is 13.0. The SMILES string of the molecule is C=C[C@@H](O[Si](O[C@H](C=C)C1CCCCC1)(c1ccccc1)c1ccccc1)C1CCCCC1. The van der Waals surface area contributed by atoms with Gasteiger partial charge in [0.2, 0.25) is 0 Å². The van der Waals surface area contributed by atoms with Gasteiger partial charge in [-0.3, -0.25) is 0 Å². The van der Waals surface area contributed by atoms with Crippen LogP contribution in [0, 0.1) is 11.8 Å². The van der Waals surface area contributed by atoms with E-state index in [0.29, 0.717) is 11.8 Å². The summed E-state index contributed by atoms with van der Waals surface area (Å²) in [5.74, 6) is 1.02. The van der Waals surface area contributed by atoms with Gasteiger partial charge < -0.3 is 8.85 Å². The molecule has 0 heterocycles. The molecule has 0 unspecified atom stereocenters. The van der Waals surface area contributed by atoms with Gasteiger partial charge in [-0.25, -0.2) is 0 Å². The van der Waals surface area contributed by atoms with Gasteiger partial charge in [0, 0.05) is 0 Å². The Hall–Kier alpha value is -1.94. The Balaban J connectivity index is 1.77. The van der Waals surface area contributed by atoms with Crippen LogP contribution in [0.5, 0.6) is 0 Å². The van der Waals surface area contributed by atoms with E-state index >= 15 is 0 Å². The topological polar surface area (TPSA) is 18.5 Å². The minimum atomic E-state index is -3.03. The molecule has 0 aliphatic heterocycles. The smallest absolute Gasteiger partial charge is 0.381 e. The van der Waals surface area contributed by atoms with Gasteiger partial charge in [-0.05, 0) is 47.9 Å². The monoisotopic (exact) mass is 460 g/mol. The predicted octanol–water partition coefficient (Wildman–Crippen LogP) is 6.55. The highest BCUT2D eigenvalue weighted by Gasteiger charge is 2.48. The van der Waals surface area contributed by atoms with Crippen LogP contribution in [-0.4, -0.2) is 20.8 Å². The lowest BCUT2D eigenvalue weighted by molar-refractivity contribution is 0.0636. The fourth-order valence-electron chi connectivity index (χ4n) is 5.76. The van der Waals surface area contributed by atoms with E-state index < -0.39 is 8.56 Å². The quantitative estimate of drug-likeness (QED) is 0.296. The standard InChI is InChI=1S/C30H40O2Si/c1-3-29(25-17-9-5-10-18-25)31-33(27-21-13-7-14-22-27,28-23-15-8-16-24-28)32-30(4-2)26-19-11-6-12-20-26/h3-4,7-8,13-16,21-26,29-30H,1-2,5-6,9-12,17-20H2/t29-,30-/m1/s1. The first-order valence-corrected chi connectivity index (χ1v) is 14.8. The molecule has 0 aromatic heterocycles. The third kappa shape index (κ3) is 5.77. The summed E-state index contributed by atoms with van der Waals surface area (Å²) in [5.41, 5.74) is 0. The van der Waals surface area contributed by atoms with E-state index in [9.17, 15) is 0 Å². The molecular formula is C30H40O2Si. The minimum absolute atomic E-state index is 0.00537. The lowest BCUT2D eigenvalue weighted by atomic mass is 9.85. The molecule has 2 aromatic carbocycles. The van der Waals surface area contributed by atoms with E-state index in [1.54, 1.807) is 0 Å². The molecule has 0 N–H and O–H groups in total. The zero-order valence-electron chi connectivity index (χ0n) is 20.0. The van der Waals surface area contributed by atoms with Crippen LogP contribution in [-0.2, 0) is 8.85 Å². The van der Waals surface area contributed by atoms with Crippen LogP contribution in [0.25, 0.3) is 0 Å². The molecule has 0 radical (unpaired) electrons. The summed E-state index contributed by atoms with van der Waals surface area (Å²) in [4.78, 5) is 0. The fraction of sp³-hybridized carbons (Fsp3) is 0.467. The highest BCUT2D eigenvalue weighted by Crippen LogP contribution is 2.33. The summed E-state index contributed by atoms with van der Waals surface area (Å²) in [6, 6.07) is 21.4. The Kier molecular flexibility index (Phi) is 8.77. The summed E-state index contributed by atoms with van der Waals surface area (Å²) >= 11 is 0.